The summed E-state index contributed by atoms with van der Waals surface area (Å²) in [7, 11) is 0. The molecule has 3 rings (SSSR count). The van der Waals surface area contributed by atoms with Gasteiger partial charge < -0.3 is 5.11 Å². The van der Waals surface area contributed by atoms with E-state index in [9.17, 15) is 14.7 Å². The molecule has 1 heterocycles. The van der Waals surface area contributed by atoms with Crippen molar-refractivity contribution in [1.82, 2.24) is 4.90 Å². The van der Waals surface area contributed by atoms with Crippen LogP contribution in [0.5, 0.6) is 0 Å². The molecule has 3 aliphatic rings. The molecule has 1 saturated carbocycles. The van der Waals surface area contributed by atoms with E-state index >= 15 is 0 Å². The van der Waals surface area contributed by atoms with Gasteiger partial charge in [-0.15, -0.1) is 0 Å². The second-order valence-corrected chi connectivity index (χ2v) is 6.57. The number of β-amino-alcohol motifs (C(OH)–C–C–N with tert-alkyl or cyclic N) is 1. The number of rotatable bonds is 4. The second kappa shape index (κ2) is 4.44. The Kier molecular flexibility index (Phi) is 3.01. The molecule has 4 heteroatoms. The number of nitrogens with zero attached hydrogens (tertiary/aromatic N) is 1. The molecular weight excluding hydrogens is 242 g/mol. The van der Waals surface area contributed by atoms with E-state index in [4.69, 9.17) is 0 Å². The molecule has 0 aromatic rings. The maximum atomic E-state index is 12.4. The Balaban J connectivity index is 1.72. The lowest BCUT2D eigenvalue weighted by Gasteiger charge is -2.21. The summed E-state index contributed by atoms with van der Waals surface area (Å²) in [6.07, 6.45) is 5.15. The zero-order valence-corrected chi connectivity index (χ0v) is 11.5. The molecule has 5 atom stereocenters. The van der Waals surface area contributed by atoms with Gasteiger partial charge in [-0.25, -0.2) is 0 Å². The zero-order chi connectivity index (χ0) is 13.7. The number of hydrogen-bond acceptors (Lipinski definition) is 3. The largest absolute Gasteiger partial charge is 0.391 e. The Bertz CT molecular complexity index is 413. The average Bonchev–Trinajstić information content (AvgIpc) is 2.97. The monoisotopic (exact) mass is 263 g/mol. The number of amides is 2. The Hall–Kier alpha value is -1.16. The van der Waals surface area contributed by atoms with Gasteiger partial charge >= 0.3 is 0 Å². The lowest BCUT2D eigenvalue weighted by atomic mass is 9.85. The number of hydrogen-bond donors (Lipinski definition) is 1. The molecule has 2 amide bonds. The fraction of sp³-hybridized carbons (Fsp3) is 0.733. The summed E-state index contributed by atoms with van der Waals surface area (Å²) in [5.74, 6) is 0.448. The smallest absolute Gasteiger partial charge is 0.233 e. The molecule has 2 fully saturated rings. The molecule has 1 saturated heterocycles. The van der Waals surface area contributed by atoms with Gasteiger partial charge in [0.15, 0.2) is 0 Å². The minimum absolute atomic E-state index is 0.0605. The highest BCUT2D eigenvalue weighted by atomic mass is 16.3. The van der Waals surface area contributed by atoms with Crippen molar-refractivity contribution in [3.63, 3.8) is 0 Å². The molecule has 2 bridgehead atoms. The lowest BCUT2D eigenvalue weighted by molar-refractivity contribution is -0.142. The van der Waals surface area contributed by atoms with Crippen molar-refractivity contribution in [2.75, 3.05) is 6.54 Å². The van der Waals surface area contributed by atoms with Crippen LogP contribution in [0.2, 0.25) is 0 Å². The minimum atomic E-state index is -0.600. The first kappa shape index (κ1) is 12.9. The maximum absolute atomic E-state index is 12.4. The van der Waals surface area contributed by atoms with E-state index in [1.807, 2.05) is 13.8 Å². The molecule has 5 unspecified atom stereocenters. The van der Waals surface area contributed by atoms with Crippen LogP contribution in [0.3, 0.4) is 0 Å². The summed E-state index contributed by atoms with van der Waals surface area (Å²) in [5, 5.41) is 9.96. The molecule has 4 nitrogen and oxygen atoms in total. The number of likely N-dealkylation sites (tertiary alicyclic amines) is 1. The predicted octanol–water partition coefficient (Wildman–Crippen LogP) is 1.20. The van der Waals surface area contributed by atoms with Crippen molar-refractivity contribution in [2.24, 2.45) is 29.6 Å². The van der Waals surface area contributed by atoms with E-state index in [0.29, 0.717) is 12.3 Å². The van der Waals surface area contributed by atoms with Crippen LogP contribution in [0.4, 0.5) is 0 Å². The van der Waals surface area contributed by atoms with Crippen molar-refractivity contribution < 1.29 is 14.7 Å². The quantitative estimate of drug-likeness (QED) is 0.612. The molecule has 0 aromatic carbocycles. The highest BCUT2D eigenvalue weighted by Gasteiger charge is 2.59. The normalized spacial score (nSPS) is 37.6. The van der Waals surface area contributed by atoms with Gasteiger partial charge in [0.25, 0.3) is 0 Å². The van der Waals surface area contributed by atoms with E-state index in [-0.39, 0.29) is 42.0 Å². The number of imide groups is 1. The van der Waals surface area contributed by atoms with Gasteiger partial charge in [-0.3, -0.25) is 14.5 Å². The fourth-order valence-corrected chi connectivity index (χ4v) is 3.97. The Labute approximate surface area is 113 Å². The standard InChI is InChI=1S/C15H21NO3/c1-8(2)5-11(17)7-16-14(18)12-9-3-4-10(6-9)13(12)15(16)19/h3-4,8-13,17H,5-7H2,1-2H3. The summed E-state index contributed by atoms with van der Waals surface area (Å²) in [4.78, 5) is 26.1. The summed E-state index contributed by atoms with van der Waals surface area (Å²) < 4.78 is 0. The fourth-order valence-electron chi connectivity index (χ4n) is 3.97. The number of fused-ring (bicyclic) bond motifs is 5. The van der Waals surface area contributed by atoms with Crippen molar-refractivity contribution in [3.05, 3.63) is 12.2 Å². The molecule has 2 aliphatic carbocycles. The first-order valence-electron chi connectivity index (χ1n) is 7.20. The topological polar surface area (TPSA) is 57.6 Å². The lowest BCUT2D eigenvalue weighted by Crippen LogP contribution is -2.39. The van der Waals surface area contributed by atoms with Gasteiger partial charge in [-0.05, 0) is 30.6 Å². The van der Waals surface area contributed by atoms with Crippen LogP contribution in [-0.2, 0) is 9.59 Å². The van der Waals surface area contributed by atoms with Gasteiger partial charge in [-0.2, -0.15) is 0 Å². The van der Waals surface area contributed by atoms with Gasteiger partial charge in [-0.1, -0.05) is 26.0 Å². The molecule has 0 radical (unpaired) electrons. The summed E-state index contributed by atoms with van der Waals surface area (Å²) in [5.41, 5.74) is 0. The Morgan fingerprint density at radius 2 is 1.74 bits per heavy atom. The van der Waals surface area contributed by atoms with Crippen LogP contribution < -0.4 is 0 Å². The average molecular weight is 263 g/mol. The molecule has 19 heavy (non-hydrogen) atoms. The van der Waals surface area contributed by atoms with E-state index in [2.05, 4.69) is 12.2 Å². The third-order valence-electron chi connectivity index (χ3n) is 4.70. The van der Waals surface area contributed by atoms with Crippen LogP contribution in [0.15, 0.2) is 12.2 Å². The van der Waals surface area contributed by atoms with Gasteiger partial charge in [0.05, 0.1) is 24.5 Å². The first-order chi connectivity index (χ1) is 8.99. The number of aliphatic hydroxyl groups excluding tert-OH is 1. The van der Waals surface area contributed by atoms with Crippen molar-refractivity contribution in [3.8, 4) is 0 Å². The van der Waals surface area contributed by atoms with Crippen molar-refractivity contribution in [1.29, 1.82) is 0 Å². The number of allylic oxidation sites excluding steroid dienone is 2. The van der Waals surface area contributed by atoms with E-state index in [1.54, 1.807) is 0 Å². The van der Waals surface area contributed by atoms with Crippen LogP contribution in [0.25, 0.3) is 0 Å². The van der Waals surface area contributed by atoms with Gasteiger partial charge in [0, 0.05) is 0 Å². The number of aliphatic hydroxyl groups is 1. The van der Waals surface area contributed by atoms with Gasteiger partial charge in [0.1, 0.15) is 0 Å². The van der Waals surface area contributed by atoms with Crippen molar-refractivity contribution in [2.45, 2.75) is 32.8 Å². The van der Waals surface area contributed by atoms with E-state index in [1.165, 1.54) is 4.90 Å². The van der Waals surface area contributed by atoms with Crippen LogP contribution in [0.1, 0.15) is 26.7 Å². The molecule has 0 spiro atoms. The Morgan fingerprint density at radius 3 is 2.21 bits per heavy atom. The maximum Gasteiger partial charge on any atom is 0.233 e. The second-order valence-electron chi connectivity index (χ2n) is 6.57. The number of carbonyl (C=O) groups is 2. The van der Waals surface area contributed by atoms with Crippen LogP contribution in [-0.4, -0.2) is 34.5 Å². The van der Waals surface area contributed by atoms with E-state index in [0.717, 1.165) is 6.42 Å². The van der Waals surface area contributed by atoms with Crippen LogP contribution in [0, 0.1) is 29.6 Å². The number of carbonyl (C=O) groups excluding carboxylic acids is 2. The van der Waals surface area contributed by atoms with Gasteiger partial charge in [0.2, 0.25) is 11.8 Å². The zero-order valence-electron chi connectivity index (χ0n) is 11.5. The van der Waals surface area contributed by atoms with Crippen LogP contribution >= 0.6 is 0 Å². The first-order valence-corrected chi connectivity index (χ1v) is 7.20. The summed E-state index contributed by atoms with van der Waals surface area (Å²) >= 11 is 0. The van der Waals surface area contributed by atoms with Crippen molar-refractivity contribution >= 4 is 11.8 Å². The third-order valence-corrected chi connectivity index (χ3v) is 4.70. The molecular formula is C15H21NO3. The highest BCUT2D eigenvalue weighted by Crippen LogP contribution is 2.52. The molecule has 1 N–H and O–H groups in total. The summed E-state index contributed by atoms with van der Waals surface area (Å²) in [6, 6.07) is 0. The molecule has 1 aliphatic heterocycles. The Morgan fingerprint density at radius 1 is 1.21 bits per heavy atom. The molecule has 104 valence electrons. The third kappa shape index (κ3) is 1.93. The predicted molar refractivity (Wildman–Crippen MR) is 69.9 cm³/mol. The minimum Gasteiger partial charge on any atom is -0.391 e. The SMILES string of the molecule is CC(C)CC(O)CN1C(=O)C2C3C=CC(C3)C2C1=O. The summed E-state index contributed by atoms with van der Waals surface area (Å²) in [6.45, 7) is 4.22. The van der Waals surface area contributed by atoms with E-state index < -0.39 is 6.10 Å². The highest BCUT2D eigenvalue weighted by molar-refractivity contribution is 6.06. The molecule has 0 aromatic heterocycles.